The molecule has 0 amide bonds. The van der Waals surface area contributed by atoms with E-state index in [4.69, 9.17) is 11.6 Å². The summed E-state index contributed by atoms with van der Waals surface area (Å²) in [6.07, 6.45) is 1.66. The predicted octanol–water partition coefficient (Wildman–Crippen LogP) is 2.68. The van der Waals surface area contributed by atoms with Crippen LogP contribution in [0.5, 0.6) is 0 Å². The first kappa shape index (κ1) is 9.49. The summed E-state index contributed by atoms with van der Waals surface area (Å²) in [7, 11) is 1.78. The molecular weight excluding hydrogens is 203 g/mol. The van der Waals surface area contributed by atoms with Gasteiger partial charge in [0.2, 0.25) is 0 Å². The highest BCUT2D eigenvalue weighted by atomic mass is 35.5. The maximum atomic E-state index is 13.4. The van der Waals surface area contributed by atoms with Gasteiger partial charge >= 0.3 is 0 Å². The van der Waals surface area contributed by atoms with E-state index in [9.17, 15) is 4.39 Å². The molecule has 0 saturated carbocycles. The lowest BCUT2D eigenvalue weighted by Gasteiger charge is -2.02. The zero-order chi connectivity index (χ0) is 10.1. The minimum Gasteiger partial charge on any atom is -0.360 e. The third-order valence-electron chi connectivity index (χ3n) is 2.17. The van der Waals surface area contributed by atoms with Crippen molar-refractivity contribution in [1.29, 1.82) is 0 Å². The lowest BCUT2D eigenvalue weighted by atomic mass is 10.1. The molecule has 0 radical (unpaired) electrons. The molecule has 0 aliphatic rings. The van der Waals surface area contributed by atoms with Crippen molar-refractivity contribution in [2.45, 2.75) is 6.54 Å². The Labute approximate surface area is 86.1 Å². The summed E-state index contributed by atoms with van der Waals surface area (Å²) in [6, 6.07) is 3.23. The van der Waals surface area contributed by atoms with Gasteiger partial charge in [-0.3, -0.25) is 0 Å². The number of aromatic nitrogens is 1. The summed E-state index contributed by atoms with van der Waals surface area (Å²) >= 11 is 5.92. The second kappa shape index (κ2) is 3.59. The molecule has 1 heterocycles. The Kier molecular flexibility index (Phi) is 2.44. The van der Waals surface area contributed by atoms with Crippen LogP contribution in [0.15, 0.2) is 18.3 Å². The Hall–Kier alpha value is -1.06. The summed E-state index contributed by atoms with van der Waals surface area (Å²) in [6.45, 7) is 0.503. The van der Waals surface area contributed by atoms with E-state index in [1.54, 1.807) is 19.3 Å². The van der Waals surface area contributed by atoms with E-state index in [0.717, 1.165) is 10.9 Å². The highest BCUT2D eigenvalue weighted by molar-refractivity contribution is 6.35. The highest BCUT2D eigenvalue weighted by Gasteiger charge is 2.07. The van der Waals surface area contributed by atoms with E-state index in [-0.39, 0.29) is 5.82 Å². The van der Waals surface area contributed by atoms with Gasteiger partial charge in [0, 0.05) is 29.2 Å². The third kappa shape index (κ3) is 1.49. The molecule has 2 N–H and O–H groups in total. The molecule has 1 aromatic heterocycles. The smallest absolute Gasteiger partial charge is 0.129 e. The normalized spacial score (nSPS) is 11.1. The number of halogens is 2. The van der Waals surface area contributed by atoms with E-state index in [0.29, 0.717) is 17.1 Å². The first-order chi connectivity index (χ1) is 6.72. The largest absolute Gasteiger partial charge is 0.360 e. The van der Waals surface area contributed by atoms with Gasteiger partial charge in [0.25, 0.3) is 0 Å². The van der Waals surface area contributed by atoms with Crippen LogP contribution in [0, 0.1) is 5.82 Å². The fourth-order valence-corrected chi connectivity index (χ4v) is 1.69. The maximum absolute atomic E-state index is 13.4. The number of hydrogen-bond acceptors (Lipinski definition) is 1. The topological polar surface area (TPSA) is 27.8 Å². The molecule has 0 aliphatic heterocycles. The van der Waals surface area contributed by atoms with Crippen molar-refractivity contribution in [3.8, 4) is 0 Å². The molecule has 0 bridgehead atoms. The van der Waals surface area contributed by atoms with Crippen molar-refractivity contribution in [2.75, 3.05) is 7.05 Å². The summed E-state index contributed by atoms with van der Waals surface area (Å²) in [5.41, 5.74) is 1.36. The summed E-state index contributed by atoms with van der Waals surface area (Å²) in [5.74, 6) is -0.217. The van der Waals surface area contributed by atoms with Gasteiger partial charge in [0.15, 0.2) is 0 Å². The lowest BCUT2D eigenvalue weighted by Crippen LogP contribution is -2.06. The molecule has 0 aliphatic carbocycles. The monoisotopic (exact) mass is 212 g/mol. The molecule has 14 heavy (non-hydrogen) atoms. The molecule has 2 nitrogen and oxygen atoms in total. The van der Waals surface area contributed by atoms with Crippen molar-refractivity contribution in [2.24, 2.45) is 0 Å². The van der Waals surface area contributed by atoms with E-state index >= 15 is 0 Å². The number of rotatable bonds is 2. The molecule has 0 saturated heterocycles. The lowest BCUT2D eigenvalue weighted by molar-refractivity contribution is 0.603. The second-order valence-electron chi connectivity index (χ2n) is 3.16. The number of nitrogens with one attached hydrogen (secondary N) is 2. The predicted molar refractivity (Wildman–Crippen MR) is 56.0 cm³/mol. The van der Waals surface area contributed by atoms with Crippen LogP contribution in [0.25, 0.3) is 10.9 Å². The SMILES string of the molecule is CNCc1cc2c(Cl)c[nH]c2cc1F. The minimum absolute atomic E-state index is 0.217. The average Bonchev–Trinajstić information content (AvgIpc) is 2.49. The van der Waals surface area contributed by atoms with Gasteiger partial charge < -0.3 is 10.3 Å². The number of benzene rings is 1. The van der Waals surface area contributed by atoms with Crippen molar-refractivity contribution in [3.63, 3.8) is 0 Å². The van der Waals surface area contributed by atoms with E-state index in [1.165, 1.54) is 6.07 Å². The van der Waals surface area contributed by atoms with Gasteiger partial charge in [0.05, 0.1) is 5.02 Å². The van der Waals surface area contributed by atoms with Crippen LogP contribution >= 0.6 is 11.6 Å². The number of aromatic amines is 1. The molecule has 1 aromatic carbocycles. The number of fused-ring (bicyclic) bond motifs is 1. The van der Waals surface area contributed by atoms with Crippen molar-refractivity contribution in [3.05, 3.63) is 34.7 Å². The molecule has 4 heteroatoms. The molecule has 2 rings (SSSR count). The first-order valence-corrected chi connectivity index (χ1v) is 4.70. The summed E-state index contributed by atoms with van der Waals surface area (Å²) < 4.78 is 13.4. The molecule has 0 atom stereocenters. The van der Waals surface area contributed by atoms with Crippen molar-refractivity contribution < 1.29 is 4.39 Å². The summed E-state index contributed by atoms with van der Waals surface area (Å²) in [4.78, 5) is 2.91. The first-order valence-electron chi connectivity index (χ1n) is 4.32. The Bertz CT molecular complexity index is 464. The Morgan fingerprint density at radius 3 is 3.00 bits per heavy atom. The van der Waals surface area contributed by atoms with Crippen LogP contribution in [-0.2, 0) is 6.54 Å². The zero-order valence-electron chi connectivity index (χ0n) is 7.70. The van der Waals surface area contributed by atoms with Gasteiger partial charge in [-0.25, -0.2) is 4.39 Å². The van der Waals surface area contributed by atoms with Crippen LogP contribution in [-0.4, -0.2) is 12.0 Å². The van der Waals surface area contributed by atoms with E-state index < -0.39 is 0 Å². The van der Waals surface area contributed by atoms with Crippen molar-refractivity contribution in [1.82, 2.24) is 10.3 Å². The molecular formula is C10H10ClFN2. The highest BCUT2D eigenvalue weighted by Crippen LogP contribution is 2.25. The quantitative estimate of drug-likeness (QED) is 0.787. The van der Waals surface area contributed by atoms with Gasteiger partial charge in [-0.15, -0.1) is 0 Å². The van der Waals surface area contributed by atoms with Gasteiger partial charge in [-0.05, 0) is 19.2 Å². The van der Waals surface area contributed by atoms with Crippen LogP contribution in [0.3, 0.4) is 0 Å². The maximum Gasteiger partial charge on any atom is 0.129 e. The number of hydrogen-bond donors (Lipinski definition) is 2. The second-order valence-corrected chi connectivity index (χ2v) is 3.56. The third-order valence-corrected chi connectivity index (χ3v) is 2.48. The molecule has 0 fully saturated rings. The Morgan fingerprint density at radius 1 is 1.50 bits per heavy atom. The van der Waals surface area contributed by atoms with Crippen LogP contribution in [0.1, 0.15) is 5.56 Å². The Balaban J connectivity index is 2.61. The van der Waals surface area contributed by atoms with Crippen LogP contribution < -0.4 is 5.32 Å². The van der Waals surface area contributed by atoms with Crippen LogP contribution in [0.4, 0.5) is 4.39 Å². The standard InChI is InChI=1S/C10H10ClFN2/c1-13-4-6-2-7-8(11)5-14-10(7)3-9(6)12/h2-3,5,13-14H,4H2,1H3. The fourth-order valence-electron chi connectivity index (χ4n) is 1.48. The summed E-state index contributed by atoms with van der Waals surface area (Å²) in [5, 5.41) is 4.39. The average molecular weight is 213 g/mol. The fraction of sp³-hybridized carbons (Fsp3) is 0.200. The zero-order valence-corrected chi connectivity index (χ0v) is 8.45. The number of H-pyrrole nitrogens is 1. The molecule has 74 valence electrons. The van der Waals surface area contributed by atoms with E-state index in [1.807, 2.05) is 0 Å². The molecule has 0 spiro atoms. The molecule has 0 unspecified atom stereocenters. The van der Waals surface area contributed by atoms with Crippen molar-refractivity contribution >= 4 is 22.5 Å². The minimum atomic E-state index is -0.217. The van der Waals surface area contributed by atoms with Gasteiger partial charge in [-0.1, -0.05) is 11.6 Å². The van der Waals surface area contributed by atoms with Gasteiger partial charge in [0.1, 0.15) is 5.82 Å². The van der Waals surface area contributed by atoms with Gasteiger partial charge in [-0.2, -0.15) is 0 Å². The molecule has 2 aromatic rings. The van der Waals surface area contributed by atoms with Crippen LogP contribution in [0.2, 0.25) is 5.02 Å². The van der Waals surface area contributed by atoms with E-state index in [2.05, 4.69) is 10.3 Å². The Morgan fingerprint density at radius 2 is 2.29 bits per heavy atom.